The first-order valence-electron chi connectivity index (χ1n) is 5.03. The van der Waals surface area contributed by atoms with E-state index >= 15 is 0 Å². The van der Waals surface area contributed by atoms with Crippen molar-refractivity contribution in [1.82, 2.24) is 4.98 Å². The highest BCUT2D eigenvalue weighted by molar-refractivity contribution is 9.10. The minimum atomic E-state index is -0.259. The van der Waals surface area contributed by atoms with Crippen LogP contribution in [-0.4, -0.2) is 10.9 Å². The van der Waals surface area contributed by atoms with E-state index in [2.05, 4.69) is 26.2 Å². The van der Waals surface area contributed by atoms with Crippen molar-refractivity contribution in [3.63, 3.8) is 0 Å². The van der Waals surface area contributed by atoms with Crippen molar-refractivity contribution in [2.45, 2.75) is 6.92 Å². The van der Waals surface area contributed by atoms with Gasteiger partial charge in [-0.05, 0) is 41.1 Å². The van der Waals surface area contributed by atoms with E-state index in [1.807, 2.05) is 13.0 Å². The highest BCUT2D eigenvalue weighted by Crippen LogP contribution is 2.24. The predicted octanol–water partition coefficient (Wildman–Crippen LogP) is 3.34. The smallest absolute Gasteiger partial charge is 0.275 e. The molecule has 0 atom stereocenters. The van der Waals surface area contributed by atoms with Crippen molar-refractivity contribution in [1.29, 1.82) is 5.26 Å². The molecule has 2 aromatic rings. The highest BCUT2D eigenvalue weighted by Gasteiger charge is 2.11. The number of rotatable bonds is 2. The molecule has 2 rings (SSSR count). The first-order chi connectivity index (χ1) is 8.60. The number of nitriles is 1. The standard InChI is InChI=1S/C12H8BrN3OS/c1-7-15-11(6-18-7)12(17)16-10-3-2-8(5-14)4-9(10)13/h2-4,6H,1H3,(H,16,17). The average Bonchev–Trinajstić information content (AvgIpc) is 2.78. The van der Waals surface area contributed by atoms with E-state index < -0.39 is 0 Å². The van der Waals surface area contributed by atoms with Gasteiger partial charge in [0.15, 0.2) is 0 Å². The van der Waals surface area contributed by atoms with Crippen LogP contribution in [0.5, 0.6) is 0 Å². The van der Waals surface area contributed by atoms with E-state index in [0.717, 1.165) is 5.01 Å². The maximum Gasteiger partial charge on any atom is 0.275 e. The fourth-order valence-electron chi connectivity index (χ4n) is 1.34. The number of nitrogens with one attached hydrogen (secondary N) is 1. The first-order valence-corrected chi connectivity index (χ1v) is 6.70. The van der Waals surface area contributed by atoms with Crippen molar-refractivity contribution >= 4 is 38.9 Å². The molecule has 1 heterocycles. The minimum absolute atomic E-state index is 0.259. The molecule has 6 heteroatoms. The zero-order valence-corrected chi connectivity index (χ0v) is 11.8. The topological polar surface area (TPSA) is 65.8 Å². The normalized spacial score (nSPS) is 9.83. The number of halogens is 1. The number of benzene rings is 1. The van der Waals surface area contributed by atoms with Crippen molar-refractivity contribution in [3.05, 3.63) is 44.3 Å². The van der Waals surface area contributed by atoms with Crippen LogP contribution in [0.15, 0.2) is 28.1 Å². The summed E-state index contributed by atoms with van der Waals surface area (Å²) in [5, 5.41) is 14.0. The molecule has 0 aliphatic heterocycles. The zero-order valence-electron chi connectivity index (χ0n) is 9.40. The fraction of sp³-hybridized carbons (Fsp3) is 0.0833. The molecule has 1 amide bonds. The zero-order chi connectivity index (χ0) is 13.1. The number of amides is 1. The van der Waals surface area contributed by atoms with E-state index in [0.29, 0.717) is 21.4 Å². The summed E-state index contributed by atoms with van der Waals surface area (Å²) in [6, 6.07) is 7.01. The Balaban J connectivity index is 2.20. The first kappa shape index (κ1) is 12.7. The molecule has 0 fully saturated rings. The van der Waals surface area contributed by atoms with Gasteiger partial charge in [0.2, 0.25) is 0 Å². The molecule has 1 N–H and O–H groups in total. The lowest BCUT2D eigenvalue weighted by molar-refractivity contribution is 0.102. The summed E-state index contributed by atoms with van der Waals surface area (Å²) in [6.45, 7) is 1.85. The summed E-state index contributed by atoms with van der Waals surface area (Å²) in [6.07, 6.45) is 0. The summed E-state index contributed by atoms with van der Waals surface area (Å²) in [4.78, 5) is 16.0. The third kappa shape index (κ3) is 2.75. The Morgan fingerprint density at radius 2 is 2.33 bits per heavy atom. The molecule has 0 unspecified atom stereocenters. The van der Waals surface area contributed by atoms with E-state index in [4.69, 9.17) is 5.26 Å². The summed E-state index contributed by atoms with van der Waals surface area (Å²) < 4.78 is 0.668. The second kappa shape index (κ2) is 5.29. The molecule has 18 heavy (non-hydrogen) atoms. The van der Waals surface area contributed by atoms with Gasteiger partial charge in [-0.2, -0.15) is 5.26 Å². The molecule has 0 aliphatic carbocycles. The van der Waals surface area contributed by atoms with E-state index in [-0.39, 0.29) is 5.91 Å². The molecule has 0 radical (unpaired) electrons. The lowest BCUT2D eigenvalue weighted by Gasteiger charge is -2.05. The van der Waals surface area contributed by atoms with Crippen LogP contribution in [-0.2, 0) is 0 Å². The van der Waals surface area contributed by atoms with Crippen LogP contribution in [0.25, 0.3) is 0 Å². The van der Waals surface area contributed by atoms with Gasteiger partial charge in [-0.3, -0.25) is 4.79 Å². The fourth-order valence-corrected chi connectivity index (χ4v) is 2.41. The highest BCUT2D eigenvalue weighted by atomic mass is 79.9. The van der Waals surface area contributed by atoms with Crippen LogP contribution in [0.4, 0.5) is 5.69 Å². The number of hydrogen-bond donors (Lipinski definition) is 1. The predicted molar refractivity (Wildman–Crippen MR) is 73.7 cm³/mol. The van der Waals surface area contributed by atoms with Crippen LogP contribution in [0.1, 0.15) is 21.1 Å². The largest absolute Gasteiger partial charge is 0.320 e. The molecule has 90 valence electrons. The van der Waals surface area contributed by atoms with Crippen molar-refractivity contribution in [3.8, 4) is 6.07 Å². The van der Waals surface area contributed by atoms with E-state index in [1.165, 1.54) is 11.3 Å². The third-order valence-electron chi connectivity index (χ3n) is 2.20. The molecule has 0 aliphatic rings. The van der Waals surface area contributed by atoms with Gasteiger partial charge >= 0.3 is 0 Å². The number of carbonyl (C=O) groups is 1. The number of thiazole rings is 1. The van der Waals surface area contributed by atoms with E-state index in [9.17, 15) is 4.79 Å². The van der Waals surface area contributed by atoms with Gasteiger partial charge in [-0.25, -0.2) is 4.98 Å². The lowest BCUT2D eigenvalue weighted by atomic mass is 10.2. The third-order valence-corrected chi connectivity index (χ3v) is 3.63. The summed E-state index contributed by atoms with van der Waals surface area (Å²) in [5.41, 5.74) is 1.54. The number of hydrogen-bond acceptors (Lipinski definition) is 4. The second-order valence-corrected chi connectivity index (χ2v) is 5.43. The Morgan fingerprint density at radius 1 is 1.56 bits per heavy atom. The van der Waals surface area contributed by atoms with Crippen molar-refractivity contribution in [2.24, 2.45) is 0 Å². The van der Waals surface area contributed by atoms with E-state index in [1.54, 1.807) is 23.6 Å². The molecule has 0 spiro atoms. The Morgan fingerprint density at radius 3 is 2.89 bits per heavy atom. The average molecular weight is 322 g/mol. The molecular formula is C12H8BrN3OS. The van der Waals surface area contributed by atoms with Crippen LogP contribution in [0.2, 0.25) is 0 Å². The van der Waals surface area contributed by atoms with Gasteiger partial charge in [0.25, 0.3) is 5.91 Å². The molecule has 0 saturated carbocycles. The van der Waals surface area contributed by atoms with Gasteiger partial charge in [-0.15, -0.1) is 11.3 Å². The SMILES string of the molecule is Cc1nc(C(=O)Nc2ccc(C#N)cc2Br)cs1. The molecule has 4 nitrogen and oxygen atoms in total. The number of aromatic nitrogens is 1. The monoisotopic (exact) mass is 321 g/mol. The summed E-state index contributed by atoms with van der Waals surface area (Å²) in [7, 11) is 0. The Labute approximate surface area is 116 Å². The summed E-state index contributed by atoms with van der Waals surface area (Å²) in [5.74, 6) is -0.259. The summed E-state index contributed by atoms with van der Waals surface area (Å²) >= 11 is 4.74. The maximum absolute atomic E-state index is 11.9. The number of aryl methyl sites for hydroxylation is 1. The number of carbonyl (C=O) groups excluding carboxylic acids is 1. The van der Waals surface area contributed by atoms with Gasteiger partial charge in [0, 0.05) is 9.85 Å². The molecular weight excluding hydrogens is 314 g/mol. The van der Waals surface area contributed by atoms with Gasteiger partial charge in [-0.1, -0.05) is 0 Å². The van der Waals surface area contributed by atoms with Gasteiger partial charge < -0.3 is 5.32 Å². The Bertz CT molecular complexity index is 645. The van der Waals surface area contributed by atoms with Crippen molar-refractivity contribution in [2.75, 3.05) is 5.32 Å². The minimum Gasteiger partial charge on any atom is -0.320 e. The van der Waals surface area contributed by atoms with Gasteiger partial charge in [0.1, 0.15) is 5.69 Å². The van der Waals surface area contributed by atoms with Crippen LogP contribution >= 0.6 is 27.3 Å². The van der Waals surface area contributed by atoms with Gasteiger partial charge in [0.05, 0.1) is 22.3 Å². The lowest BCUT2D eigenvalue weighted by Crippen LogP contribution is -2.12. The second-order valence-electron chi connectivity index (χ2n) is 3.51. The molecule has 1 aromatic heterocycles. The molecule has 0 bridgehead atoms. The number of anilines is 1. The Kier molecular flexibility index (Phi) is 3.75. The maximum atomic E-state index is 11.9. The number of nitrogens with zero attached hydrogens (tertiary/aromatic N) is 2. The van der Waals surface area contributed by atoms with Crippen molar-refractivity contribution < 1.29 is 4.79 Å². The van der Waals surface area contributed by atoms with Crippen LogP contribution in [0, 0.1) is 18.3 Å². The Hall–Kier alpha value is -1.71. The van der Waals surface area contributed by atoms with Crippen LogP contribution in [0.3, 0.4) is 0 Å². The molecule has 0 saturated heterocycles. The van der Waals surface area contributed by atoms with Crippen LogP contribution < -0.4 is 5.32 Å². The molecule has 1 aromatic carbocycles. The quantitative estimate of drug-likeness (QED) is 0.922.